The van der Waals surface area contributed by atoms with Gasteiger partial charge in [0.05, 0.1) is 13.7 Å². The minimum absolute atomic E-state index is 0.0647. The highest BCUT2D eigenvalue weighted by Crippen LogP contribution is 2.19. The van der Waals surface area contributed by atoms with Crippen LogP contribution in [0.5, 0.6) is 5.75 Å². The monoisotopic (exact) mass is 318 g/mol. The molecule has 4 nitrogen and oxygen atoms in total. The fourth-order valence-corrected chi connectivity index (χ4v) is 2.23. The highest BCUT2D eigenvalue weighted by molar-refractivity contribution is 6.30. The predicted octanol–water partition coefficient (Wildman–Crippen LogP) is 3.39. The molecule has 2 aromatic rings. The number of carbonyl (C=O) groups is 1. The van der Waals surface area contributed by atoms with Crippen LogP contribution in [0.25, 0.3) is 0 Å². The molecule has 0 saturated carbocycles. The predicted molar refractivity (Wildman–Crippen MR) is 89.5 cm³/mol. The van der Waals surface area contributed by atoms with Crippen molar-refractivity contribution in [1.82, 2.24) is 5.32 Å². The minimum Gasteiger partial charge on any atom is -0.497 e. The summed E-state index contributed by atoms with van der Waals surface area (Å²) in [6, 6.07) is 13.1. The third kappa shape index (κ3) is 4.67. The Kier molecular flexibility index (Phi) is 5.67. The lowest BCUT2D eigenvalue weighted by atomic mass is 10.2. The van der Waals surface area contributed by atoms with Crippen molar-refractivity contribution in [3.8, 4) is 5.75 Å². The van der Waals surface area contributed by atoms with Gasteiger partial charge in [-0.1, -0.05) is 23.7 Å². The van der Waals surface area contributed by atoms with Gasteiger partial charge in [-0.15, -0.1) is 0 Å². The van der Waals surface area contributed by atoms with Crippen LogP contribution in [-0.2, 0) is 11.3 Å². The van der Waals surface area contributed by atoms with E-state index in [4.69, 9.17) is 16.3 Å². The zero-order valence-corrected chi connectivity index (χ0v) is 13.4. The van der Waals surface area contributed by atoms with Crippen LogP contribution >= 0.6 is 11.6 Å². The Morgan fingerprint density at radius 3 is 2.55 bits per heavy atom. The molecule has 0 unspecified atom stereocenters. The average Bonchev–Trinajstić information content (AvgIpc) is 2.52. The van der Waals surface area contributed by atoms with Gasteiger partial charge in [0.1, 0.15) is 5.75 Å². The molecule has 0 bridgehead atoms. The first kappa shape index (κ1) is 16.2. The standard InChI is InChI=1S/C17H19ClN2O2/c1-12-9-14(18)5-8-16(12)19-11-17(21)20-10-13-3-6-15(22-2)7-4-13/h3-9,19H,10-11H2,1-2H3,(H,20,21). The second-order valence-corrected chi connectivity index (χ2v) is 5.37. The van der Waals surface area contributed by atoms with Crippen molar-refractivity contribution in [2.45, 2.75) is 13.5 Å². The molecule has 0 heterocycles. The maximum Gasteiger partial charge on any atom is 0.239 e. The molecule has 0 aromatic heterocycles. The van der Waals surface area contributed by atoms with Gasteiger partial charge < -0.3 is 15.4 Å². The third-order valence-corrected chi connectivity index (χ3v) is 3.51. The summed E-state index contributed by atoms with van der Waals surface area (Å²) >= 11 is 5.90. The quantitative estimate of drug-likeness (QED) is 0.858. The van der Waals surface area contributed by atoms with E-state index in [-0.39, 0.29) is 12.5 Å². The molecular weight excluding hydrogens is 300 g/mol. The highest BCUT2D eigenvalue weighted by Gasteiger charge is 2.04. The first-order valence-electron chi connectivity index (χ1n) is 6.98. The van der Waals surface area contributed by atoms with Gasteiger partial charge in [-0.25, -0.2) is 0 Å². The van der Waals surface area contributed by atoms with E-state index in [0.717, 1.165) is 22.6 Å². The van der Waals surface area contributed by atoms with Crippen LogP contribution in [0.2, 0.25) is 5.02 Å². The van der Waals surface area contributed by atoms with Gasteiger partial charge in [-0.05, 0) is 48.4 Å². The number of hydrogen-bond donors (Lipinski definition) is 2. The van der Waals surface area contributed by atoms with E-state index < -0.39 is 0 Å². The number of rotatable bonds is 6. The zero-order chi connectivity index (χ0) is 15.9. The molecule has 0 saturated heterocycles. The first-order valence-corrected chi connectivity index (χ1v) is 7.36. The van der Waals surface area contributed by atoms with Crippen LogP contribution in [0.1, 0.15) is 11.1 Å². The lowest BCUT2D eigenvalue weighted by molar-refractivity contribution is -0.119. The molecule has 0 aliphatic heterocycles. The molecule has 1 amide bonds. The molecule has 0 aliphatic carbocycles. The van der Waals surface area contributed by atoms with E-state index in [0.29, 0.717) is 11.6 Å². The summed E-state index contributed by atoms with van der Waals surface area (Å²) in [5.74, 6) is 0.736. The van der Waals surface area contributed by atoms with E-state index in [9.17, 15) is 4.79 Å². The number of ether oxygens (including phenoxy) is 1. The van der Waals surface area contributed by atoms with Gasteiger partial charge in [-0.2, -0.15) is 0 Å². The number of benzene rings is 2. The number of amides is 1. The smallest absolute Gasteiger partial charge is 0.239 e. The van der Waals surface area contributed by atoms with Crippen molar-refractivity contribution in [3.05, 3.63) is 58.6 Å². The van der Waals surface area contributed by atoms with Crippen molar-refractivity contribution < 1.29 is 9.53 Å². The van der Waals surface area contributed by atoms with Crippen LogP contribution in [0.3, 0.4) is 0 Å². The number of halogens is 1. The van der Waals surface area contributed by atoms with Crippen LogP contribution in [0, 0.1) is 6.92 Å². The molecule has 0 aliphatic rings. The van der Waals surface area contributed by atoms with Gasteiger partial charge in [-0.3, -0.25) is 4.79 Å². The Balaban J connectivity index is 1.80. The van der Waals surface area contributed by atoms with Crippen LogP contribution in [-0.4, -0.2) is 19.6 Å². The van der Waals surface area contributed by atoms with Crippen molar-refractivity contribution >= 4 is 23.2 Å². The molecule has 2 rings (SSSR count). The molecule has 0 fully saturated rings. The molecule has 5 heteroatoms. The van der Waals surface area contributed by atoms with Gasteiger partial charge in [0, 0.05) is 17.3 Å². The van der Waals surface area contributed by atoms with Crippen LogP contribution in [0.15, 0.2) is 42.5 Å². The lowest BCUT2D eigenvalue weighted by Gasteiger charge is -2.10. The summed E-state index contributed by atoms with van der Waals surface area (Å²) in [5, 5.41) is 6.66. The molecular formula is C17H19ClN2O2. The van der Waals surface area contributed by atoms with E-state index in [1.807, 2.05) is 43.3 Å². The van der Waals surface area contributed by atoms with E-state index in [1.165, 1.54) is 0 Å². The van der Waals surface area contributed by atoms with Crippen molar-refractivity contribution in [2.24, 2.45) is 0 Å². The summed E-state index contributed by atoms with van der Waals surface area (Å²) in [7, 11) is 1.63. The van der Waals surface area contributed by atoms with E-state index in [2.05, 4.69) is 10.6 Å². The lowest BCUT2D eigenvalue weighted by Crippen LogP contribution is -2.29. The molecule has 2 N–H and O–H groups in total. The Hall–Kier alpha value is -2.20. The van der Waals surface area contributed by atoms with Crippen molar-refractivity contribution in [1.29, 1.82) is 0 Å². The maximum absolute atomic E-state index is 11.9. The number of aryl methyl sites for hydroxylation is 1. The highest BCUT2D eigenvalue weighted by atomic mass is 35.5. The first-order chi connectivity index (χ1) is 10.6. The zero-order valence-electron chi connectivity index (χ0n) is 12.7. The third-order valence-electron chi connectivity index (χ3n) is 3.28. The van der Waals surface area contributed by atoms with E-state index >= 15 is 0 Å². The van der Waals surface area contributed by atoms with Crippen LogP contribution < -0.4 is 15.4 Å². The van der Waals surface area contributed by atoms with Crippen molar-refractivity contribution in [3.63, 3.8) is 0 Å². The second-order valence-electron chi connectivity index (χ2n) is 4.94. The SMILES string of the molecule is COc1ccc(CNC(=O)CNc2ccc(Cl)cc2C)cc1. The Morgan fingerprint density at radius 2 is 1.91 bits per heavy atom. The van der Waals surface area contributed by atoms with Gasteiger partial charge in [0.25, 0.3) is 0 Å². The second kappa shape index (κ2) is 7.71. The molecule has 0 spiro atoms. The molecule has 0 atom stereocenters. The average molecular weight is 319 g/mol. The Morgan fingerprint density at radius 1 is 1.18 bits per heavy atom. The summed E-state index contributed by atoms with van der Waals surface area (Å²) in [5.41, 5.74) is 2.94. The summed E-state index contributed by atoms with van der Waals surface area (Å²) in [6.45, 7) is 2.66. The summed E-state index contributed by atoms with van der Waals surface area (Å²) in [6.07, 6.45) is 0. The number of hydrogen-bond acceptors (Lipinski definition) is 3. The molecule has 22 heavy (non-hydrogen) atoms. The van der Waals surface area contributed by atoms with Gasteiger partial charge >= 0.3 is 0 Å². The van der Waals surface area contributed by atoms with Gasteiger partial charge in [0.15, 0.2) is 0 Å². The Labute approximate surface area is 135 Å². The van der Waals surface area contributed by atoms with Gasteiger partial charge in [0.2, 0.25) is 5.91 Å². The van der Waals surface area contributed by atoms with Crippen LogP contribution in [0.4, 0.5) is 5.69 Å². The topological polar surface area (TPSA) is 50.4 Å². The fraction of sp³-hybridized carbons (Fsp3) is 0.235. The Bertz CT molecular complexity index is 642. The minimum atomic E-state index is -0.0647. The largest absolute Gasteiger partial charge is 0.497 e. The normalized spacial score (nSPS) is 10.1. The summed E-state index contributed by atoms with van der Waals surface area (Å²) in [4.78, 5) is 11.9. The number of anilines is 1. The van der Waals surface area contributed by atoms with E-state index in [1.54, 1.807) is 13.2 Å². The summed E-state index contributed by atoms with van der Waals surface area (Å²) < 4.78 is 5.10. The number of methoxy groups -OCH3 is 1. The maximum atomic E-state index is 11.9. The van der Waals surface area contributed by atoms with Crippen molar-refractivity contribution in [2.75, 3.05) is 19.0 Å². The number of carbonyl (C=O) groups excluding carboxylic acids is 1. The molecule has 2 aromatic carbocycles. The molecule has 116 valence electrons. The molecule has 0 radical (unpaired) electrons. The number of nitrogens with one attached hydrogen (secondary N) is 2. The fourth-order valence-electron chi connectivity index (χ4n) is 2.01.